The minimum Gasteiger partial charge on any atom is -0.395 e. The number of hydrogen-bond donors (Lipinski definition) is 1. The van der Waals surface area contributed by atoms with Crippen LogP contribution >= 0.6 is 11.6 Å². The normalized spacial score (nSPS) is 16.5. The summed E-state index contributed by atoms with van der Waals surface area (Å²) in [5, 5.41) is 9.32. The molecule has 1 N–H and O–H groups in total. The van der Waals surface area contributed by atoms with Crippen LogP contribution < -0.4 is 0 Å². The van der Waals surface area contributed by atoms with Gasteiger partial charge in [-0.15, -0.1) is 0 Å². The highest BCUT2D eigenvalue weighted by molar-refractivity contribution is 7.90. The Morgan fingerprint density at radius 3 is 2.19 bits per heavy atom. The van der Waals surface area contributed by atoms with Gasteiger partial charge in [-0.3, -0.25) is 0 Å². The molecule has 1 aliphatic carbocycles. The number of sulfonamides is 2. The number of nitrogens with zero attached hydrogens (tertiary/aromatic N) is 2. The molecule has 1 aromatic carbocycles. The Kier molecular flexibility index (Phi) is 7.69. The summed E-state index contributed by atoms with van der Waals surface area (Å²) in [6.45, 7) is 3.64. The fraction of sp³-hybridized carbons (Fsp3) is 0.647. The topological polar surface area (TPSA) is 95.0 Å². The molecule has 0 atom stereocenters. The first kappa shape index (κ1) is 22.6. The molecule has 27 heavy (non-hydrogen) atoms. The maximum Gasteiger partial charge on any atom is 0.244 e. The fourth-order valence-corrected chi connectivity index (χ4v) is 7.21. The summed E-state index contributed by atoms with van der Waals surface area (Å²) in [6.07, 6.45) is 3.28. The van der Waals surface area contributed by atoms with Gasteiger partial charge in [0.25, 0.3) is 0 Å². The molecular formula is C17H27ClN2O5S2. The largest absolute Gasteiger partial charge is 0.395 e. The molecule has 0 saturated heterocycles. The Bertz CT molecular complexity index is 848. The molecule has 0 aliphatic heterocycles. The van der Waals surface area contributed by atoms with Gasteiger partial charge >= 0.3 is 0 Å². The molecule has 0 spiro atoms. The van der Waals surface area contributed by atoms with E-state index in [2.05, 4.69) is 0 Å². The van der Waals surface area contributed by atoms with Crippen molar-refractivity contribution >= 4 is 31.6 Å². The third-order valence-electron chi connectivity index (χ3n) is 4.88. The first-order chi connectivity index (χ1) is 12.7. The number of aliphatic hydroxyl groups is 1. The maximum atomic E-state index is 13.2. The van der Waals surface area contributed by atoms with Gasteiger partial charge in [0, 0.05) is 25.7 Å². The second kappa shape index (κ2) is 9.19. The third kappa shape index (κ3) is 4.65. The van der Waals surface area contributed by atoms with Crippen LogP contribution in [-0.2, 0) is 20.0 Å². The van der Waals surface area contributed by atoms with Crippen molar-refractivity contribution in [1.29, 1.82) is 0 Å². The van der Waals surface area contributed by atoms with Crippen LogP contribution in [0.2, 0.25) is 5.02 Å². The van der Waals surface area contributed by atoms with Gasteiger partial charge in [-0.2, -0.15) is 8.61 Å². The smallest absolute Gasteiger partial charge is 0.244 e. The Hall–Kier alpha value is -0.710. The van der Waals surface area contributed by atoms with Crippen molar-refractivity contribution in [3.8, 4) is 0 Å². The van der Waals surface area contributed by atoms with E-state index in [0.717, 1.165) is 18.9 Å². The Balaban J connectivity index is 2.53. The Morgan fingerprint density at radius 1 is 1.07 bits per heavy atom. The molecule has 1 aromatic rings. The predicted molar refractivity (Wildman–Crippen MR) is 105 cm³/mol. The minimum absolute atomic E-state index is 0.0329. The van der Waals surface area contributed by atoms with Crippen molar-refractivity contribution in [3.63, 3.8) is 0 Å². The SMILES string of the molecule is CCN(CC)S(=O)(=O)c1ccc(Cl)c(S(=O)(=O)N(CCO)C2CCCC2)c1. The number of benzene rings is 1. The summed E-state index contributed by atoms with van der Waals surface area (Å²) >= 11 is 6.15. The van der Waals surface area contributed by atoms with Gasteiger partial charge in [-0.1, -0.05) is 38.3 Å². The average molecular weight is 439 g/mol. The molecule has 0 heterocycles. The molecule has 0 bridgehead atoms. The lowest BCUT2D eigenvalue weighted by Gasteiger charge is -2.28. The molecule has 10 heteroatoms. The highest BCUT2D eigenvalue weighted by Gasteiger charge is 2.35. The Labute approximate surface area is 167 Å². The first-order valence-electron chi connectivity index (χ1n) is 9.12. The van der Waals surface area contributed by atoms with Crippen LogP contribution in [0.4, 0.5) is 0 Å². The zero-order valence-corrected chi connectivity index (χ0v) is 18.0. The number of aliphatic hydroxyl groups excluding tert-OH is 1. The molecule has 1 fully saturated rings. The van der Waals surface area contributed by atoms with Gasteiger partial charge in [0.2, 0.25) is 20.0 Å². The van der Waals surface area contributed by atoms with Gasteiger partial charge in [0.15, 0.2) is 0 Å². The van der Waals surface area contributed by atoms with E-state index in [4.69, 9.17) is 11.6 Å². The molecule has 154 valence electrons. The van der Waals surface area contributed by atoms with Crippen LogP contribution in [0, 0.1) is 0 Å². The van der Waals surface area contributed by atoms with E-state index in [0.29, 0.717) is 12.8 Å². The highest BCUT2D eigenvalue weighted by atomic mass is 35.5. The van der Waals surface area contributed by atoms with E-state index in [1.54, 1.807) is 13.8 Å². The lowest BCUT2D eigenvalue weighted by atomic mass is 10.2. The van der Waals surface area contributed by atoms with Crippen LogP contribution in [0.3, 0.4) is 0 Å². The van der Waals surface area contributed by atoms with Gasteiger partial charge in [-0.25, -0.2) is 16.8 Å². The summed E-state index contributed by atoms with van der Waals surface area (Å²) in [5.41, 5.74) is 0. The van der Waals surface area contributed by atoms with E-state index in [9.17, 15) is 21.9 Å². The summed E-state index contributed by atoms with van der Waals surface area (Å²) < 4.78 is 54.5. The van der Waals surface area contributed by atoms with Crippen LogP contribution in [0.5, 0.6) is 0 Å². The van der Waals surface area contributed by atoms with Crippen molar-refractivity contribution in [3.05, 3.63) is 23.2 Å². The van der Waals surface area contributed by atoms with E-state index >= 15 is 0 Å². The van der Waals surface area contributed by atoms with Crippen LogP contribution in [0.15, 0.2) is 28.0 Å². The molecule has 0 aromatic heterocycles. The quantitative estimate of drug-likeness (QED) is 0.638. The molecule has 1 saturated carbocycles. The summed E-state index contributed by atoms with van der Waals surface area (Å²) in [7, 11) is -7.86. The van der Waals surface area contributed by atoms with Crippen LogP contribution in [0.1, 0.15) is 39.5 Å². The van der Waals surface area contributed by atoms with Crippen LogP contribution in [-0.4, -0.2) is 62.8 Å². The third-order valence-corrected chi connectivity index (χ3v) is 9.36. The van der Waals surface area contributed by atoms with Gasteiger partial charge in [0.05, 0.1) is 16.5 Å². The first-order valence-corrected chi connectivity index (χ1v) is 12.4. The van der Waals surface area contributed by atoms with Crippen molar-refractivity contribution in [2.45, 2.75) is 55.4 Å². The van der Waals surface area contributed by atoms with Crippen molar-refractivity contribution in [1.82, 2.24) is 8.61 Å². The number of hydrogen-bond acceptors (Lipinski definition) is 5. The van der Waals surface area contributed by atoms with Crippen molar-refractivity contribution < 1.29 is 21.9 Å². The Morgan fingerprint density at radius 2 is 1.67 bits per heavy atom. The second-order valence-corrected chi connectivity index (χ2v) is 10.7. The van der Waals surface area contributed by atoms with Crippen molar-refractivity contribution in [2.24, 2.45) is 0 Å². The van der Waals surface area contributed by atoms with Gasteiger partial charge < -0.3 is 5.11 Å². The zero-order valence-electron chi connectivity index (χ0n) is 15.6. The molecular weight excluding hydrogens is 412 g/mol. The standard InChI is InChI=1S/C17H27ClN2O5S2/c1-3-19(4-2)26(22,23)15-9-10-16(18)17(13-15)27(24,25)20(11-12-21)14-7-5-6-8-14/h9-10,13-14,21H,3-8,11-12H2,1-2H3. The van der Waals surface area contributed by atoms with E-state index < -0.39 is 20.0 Å². The van der Waals surface area contributed by atoms with E-state index in [1.807, 2.05) is 0 Å². The summed E-state index contributed by atoms with van der Waals surface area (Å²) in [4.78, 5) is -0.345. The van der Waals surface area contributed by atoms with E-state index in [1.165, 1.54) is 20.7 Å². The van der Waals surface area contributed by atoms with Gasteiger partial charge in [-0.05, 0) is 31.0 Å². The minimum atomic E-state index is -4.04. The molecule has 0 radical (unpaired) electrons. The summed E-state index contributed by atoms with van der Waals surface area (Å²) in [6, 6.07) is 3.55. The van der Waals surface area contributed by atoms with Crippen LogP contribution in [0.25, 0.3) is 0 Å². The maximum absolute atomic E-state index is 13.2. The molecule has 1 aliphatic rings. The lowest BCUT2D eigenvalue weighted by molar-refractivity contribution is 0.226. The van der Waals surface area contributed by atoms with Gasteiger partial charge in [0.1, 0.15) is 4.90 Å². The second-order valence-electron chi connectivity index (χ2n) is 6.46. The number of rotatable bonds is 9. The number of halogens is 1. The zero-order chi connectivity index (χ0) is 20.2. The summed E-state index contributed by atoms with van der Waals surface area (Å²) in [5.74, 6) is 0. The predicted octanol–water partition coefficient (Wildman–Crippen LogP) is 2.30. The van der Waals surface area contributed by atoms with E-state index in [-0.39, 0.29) is 47.1 Å². The fourth-order valence-electron chi connectivity index (χ4n) is 3.47. The highest BCUT2D eigenvalue weighted by Crippen LogP contribution is 2.33. The van der Waals surface area contributed by atoms with Crippen molar-refractivity contribution in [2.75, 3.05) is 26.2 Å². The lowest BCUT2D eigenvalue weighted by Crippen LogP contribution is -2.41. The molecule has 0 unspecified atom stereocenters. The molecule has 7 nitrogen and oxygen atoms in total. The average Bonchev–Trinajstić information content (AvgIpc) is 3.14. The molecule has 0 amide bonds. The molecule has 2 rings (SSSR count). The monoisotopic (exact) mass is 438 g/mol.